The van der Waals surface area contributed by atoms with E-state index in [9.17, 15) is 4.79 Å². The molecule has 0 aromatic carbocycles. The van der Waals surface area contributed by atoms with Crippen LogP contribution >= 0.6 is 0 Å². The summed E-state index contributed by atoms with van der Waals surface area (Å²) in [5.74, 6) is 1.75. The quantitative estimate of drug-likeness (QED) is 0.862. The van der Waals surface area contributed by atoms with E-state index in [-0.39, 0.29) is 5.56 Å². The Kier molecular flexibility index (Phi) is 2.31. The first-order chi connectivity index (χ1) is 8.15. The van der Waals surface area contributed by atoms with Crippen LogP contribution in [0.15, 0.2) is 16.9 Å². The number of nitrogens with one attached hydrogen (secondary N) is 1. The molecule has 17 heavy (non-hydrogen) atoms. The summed E-state index contributed by atoms with van der Waals surface area (Å²) in [6.07, 6.45) is 3.69. The van der Waals surface area contributed by atoms with E-state index in [0.29, 0.717) is 11.8 Å². The molecule has 0 bridgehead atoms. The minimum Gasteiger partial charge on any atom is -0.276 e. The first kappa shape index (κ1) is 10.6. The van der Waals surface area contributed by atoms with Gasteiger partial charge in [-0.05, 0) is 30.4 Å². The third kappa shape index (κ3) is 1.68. The van der Waals surface area contributed by atoms with E-state index in [4.69, 9.17) is 0 Å². The molecule has 0 aliphatic heterocycles. The van der Waals surface area contributed by atoms with Crippen molar-refractivity contribution in [3.63, 3.8) is 0 Å². The summed E-state index contributed by atoms with van der Waals surface area (Å²) in [5.41, 5.74) is 1.91. The Bertz CT molecular complexity index is 605. The molecule has 1 saturated carbocycles. The Morgan fingerprint density at radius 1 is 1.41 bits per heavy atom. The summed E-state index contributed by atoms with van der Waals surface area (Å²) in [4.78, 5) is 16.5. The molecule has 2 heterocycles. The Morgan fingerprint density at radius 2 is 2.18 bits per heavy atom. The molecule has 2 aromatic rings. The van der Waals surface area contributed by atoms with Gasteiger partial charge in [0.2, 0.25) is 0 Å². The Balaban J connectivity index is 2.14. The number of fused-ring (bicyclic) bond motifs is 1. The minimum absolute atomic E-state index is 0.00352. The second-order valence-electron chi connectivity index (χ2n) is 5.21. The summed E-state index contributed by atoms with van der Waals surface area (Å²) in [5, 5.41) is 3.06. The zero-order valence-corrected chi connectivity index (χ0v) is 10.2. The van der Waals surface area contributed by atoms with E-state index in [1.165, 1.54) is 23.8 Å². The van der Waals surface area contributed by atoms with Crippen molar-refractivity contribution in [2.24, 2.45) is 0 Å². The summed E-state index contributed by atoms with van der Waals surface area (Å²) in [6.45, 7) is 4.13. The van der Waals surface area contributed by atoms with Gasteiger partial charge in [0.25, 0.3) is 5.56 Å². The topological polar surface area (TPSA) is 50.2 Å². The number of nitrogens with zero attached hydrogens (tertiary/aromatic N) is 2. The summed E-state index contributed by atoms with van der Waals surface area (Å²) in [7, 11) is 0. The monoisotopic (exact) mass is 231 g/mol. The van der Waals surface area contributed by atoms with Gasteiger partial charge in [0.15, 0.2) is 5.65 Å². The van der Waals surface area contributed by atoms with Gasteiger partial charge >= 0.3 is 0 Å². The van der Waals surface area contributed by atoms with E-state index in [1.54, 1.807) is 6.07 Å². The Labute approximate surface area is 99.7 Å². The predicted molar refractivity (Wildman–Crippen MR) is 66.5 cm³/mol. The van der Waals surface area contributed by atoms with Gasteiger partial charge in [-0.25, -0.2) is 9.50 Å². The fraction of sp³-hybridized carbons (Fsp3) is 0.538. The second-order valence-corrected chi connectivity index (χ2v) is 5.21. The Morgan fingerprint density at radius 3 is 2.76 bits per heavy atom. The lowest BCUT2D eigenvalue weighted by atomic mass is 9.80. The van der Waals surface area contributed by atoms with E-state index < -0.39 is 0 Å². The van der Waals surface area contributed by atoms with Crippen LogP contribution in [0.25, 0.3) is 5.65 Å². The van der Waals surface area contributed by atoms with Crippen LogP contribution in [0.4, 0.5) is 0 Å². The lowest BCUT2D eigenvalue weighted by molar-refractivity contribution is 0.419. The van der Waals surface area contributed by atoms with Gasteiger partial charge in [-0.15, -0.1) is 0 Å². The number of hydrogen-bond acceptors (Lipinski definition) is 2. The molecule has 90 valence electrons. The molecular weight excluding hydrogens is 214 g/mol. The molecule has 1 fully saturated rings. The van der Waals surface area contributed by atoms with Gasteiger partial charge in [-0.1, -0.05) is 20.3 Å². The van der Waals surface area contributed by atoms with Crippen LogP contribution in [0.2, 0.25) is 0 Å². The average Bonchev–Trinajstić information content (AvgIpc) is 2.59. The van der Waals surface area contributed by atoms with Crippen molar-refractivity contribution in [1.29, 1.82) is 0 Å². The SMILES string of the molecule is CC(C)c1nc2cc(C3CCC3)cc(=O)n2[nH]1. The molecule has 3 rings (SSSR count). The van der Waals surface area contributed by atoms with Gasteiger partial charge in [-0.2, -0.15) is 0 Å². The number of H-pyrrole nitrogens is 1. The minimum atomic E-state index is 0.00352. The highest BCUT2D eigenvalue weighted by molar-refractivity contribution is 5.42. The van der Waals surface area contributed by atoms with Crippen LogP contribution in [0.1, 0.15) is 56.3 Å². The lowest BCUT2D eigenvalue weighted by Crippen LogP contribution is -2.17. The fourth-order valence-corrected chi connectivity index (χ4v) is 2.27. The molecule has 0 atom stereocenters. The molecule has 1 N–H and O–H groups in total. The van der Waals surface area contributed by atoms with Crippen LogP contribution < -0.4 is 5.56 Å². The third-order valence-corrected chi connectivity index (χ3v) is 3.62. The maximum Gasteiger partial charge on any atom is 0.271 e. The third-order valence-electron chi connectivity index (χ3n) is 3.62. The van der Waals surface area contributed by atoms with Crippen molar-refractivity contribution in [1.82, 2.24) is 14.6 Å². The zero-order chi connectivity index (χ0) is 12.0. The molecule has 0 radical (unpaired) electrons. The van der Waals surface area contributed by atoms with Crippen molar-refractivity contribution in [3.8, 4) is 0 Å². The van der Waals surface area contributed by atoms with E-state index >= 15 is 0 Å². The highest BCUT2D eigenvalue weighted by atomic mass is 16.1. The number of pyridine rings is 1. The summed E-state index contributed by atoms with van der Waals surface area (Å²) in [6, 6.07) is 3.80. The number of aromatic nitrogens is 3. The molecular formula is C13H17N3O. The molecule has 1 aliphatic carbocycles. The summed E-state index contributed by atoms with van der Waals surface area (Å²) >= 11 is 0. The Hall–Kier alpha value is -1.58. The number of rotatable bonds is 2. The van der Waals surface area contributed by atoms with Crippen molar-refractivity contribution < 1.29 is 0 Å². The normalized spacial score (nSPS) is 16.6. The standard InChI is InChI=1S/C13H17N3O/c1-8(2)13-14-11-6-10(9-4-3-5-9)7-12(17)16(11)15-13/h6-9H,3-5H2,1-2H3,(H,14,15). The maximum atomic E-state index is 12.0. The molecule has 0 amide bonds. The predicted octanol–water partition coefficient (Wildman–Crippen LogP) is 2.41. The van der Waals surface area contributed by atoms with Gasteiger partial charge in [0.05, 0.1) is 0 Å². The summed E-state index contributed by atoms with van der Waals surface area (Å²) < 4.78 is 1.54. The molecule has 0 spiro atoms. The number of aromatic amines is 1. The average molecular weight is 231 g/mol. The maximum absolute atomic E-state index is 12.0. The van der Waals surface area contributed by atoms with Gasteiger partial charge in [0.1, 0.15) is 5.82 Å². The highest BCUT2D eigenvalue weighted by Crippen LogP contribution is 2.35. The van der Waals surface area contributed by atoms with E-state index in [1.807, 2.05) is 6.07 Å². The van der Waals surface area contributed by atoms with Crippen LogP contribution in [-0.4, -0.2) is 14.6 Å². The van der Waals surface area contributed by atoms with Gasteiger partial charge < -0.3 is 0 Å². The van der Waals surface area contributed by atoms with Crippen LogP contribution in [-0.2, 0) is 0 Å². The van der Waals surface area contributed by atoms with Gasteiger partial charge in [-0.3, -0.25) is 9.89 Å². The zero-order valence-electron chi connectivity index (χ0n) is 10.2. The van der Waals surface area contributed by atoms with E-state index in [2.05, 4.69) is 23.9 Å². The van der Waals surface area contributed by atoms with Crippen LogP contribution in [0.3, 0.4) is 0 Å². The largest absolute Gasteiger partial charge is 0.276 e. The fourth-order valence-electron chi connectivity index (χ4n) is 2.27. The molecule has 4 heteroatoms. The van der Waals surface area contributed by atoms with Crippen molar-refractivity contribution in [2.45, 2.75) is 44.9 Å². The second kappa shape index (κ2) is 3.72. The van der Waals surface area contributed by atoms with Crippen LogP contribution in [0, 0.1) is 0 Å². The smallest absolute Gasteiger partial charge is 0.271 e. The lowest BCUT2D eigenvalue weighted by Gasteiger charge is -2.25. The molecule has 0 unspecified atom stereocenters. The number of hydrogen-bond donors (Lipinski definition) is 1. The molecule has 1 aliphatic rings. The molecule has 0 saturated heterocycles. The van der Waals surface area contributed by atoms with E-state index in [0.717, 1.165) is 17.0 Å². The van der Waals surface area contributed by atoms with Crippen molar-refractivity contribution in [2.75, 3.05) is 0 Å². The van der Waals surface area contributed by atoms with Crippen molar-refractivity contribution >= 4 is 5.65 Å². The molecule has 2 aromatic heterocycles. The van der Waals surface area contributed by atoms with Crippen LogP contribution in [0.5, 0.6) is 0 Å². The first-order valence-corrected chi connectivity index (χ1v) is 6.28. The van der Waals surface area contributed by atoms with Crippen molar-refractivity contribution in [3.05, 3.63) is 33.9 Å². The highest BCUT2D eigenvalue weighted by Gasteiger charge is 2.21. The first-order valence-electron chi connectivity index (χ1n) is 6.28. The van der Waals surface area contributed by atoms with Gasteiger partial charge in [0, 0.05) is 12.0 Å². The molecule has 4 nitrogen and oxygen atoms in total.